The minimum absolute atomic E-state index is 0.0697. The van der Waals surface area contributed by atoms with Crippen molar-refractivity contribution in [3.05, 3.63) is 0 Å². The molecular formula is C10H13F3N2O2. The van der Waals surface area contributed by atoms with Gasteiger partial charge in [0.1, 0.15) is 12.6 Å². The van der Waals surface area contributed by atoms with Crippen molar-refractivity contribution in [3.8, 4) is 0 Å². The molecule has 96 valence electrons. The lowest BCUT2D eigenvalue weighted by atomic mass is 9.91. The average molecular weight is 250 g/mol. The molecular weight excluding hydrogens is 237 g/mol. The second kappa shape index (κ2) is 3.89. The van der Waals surface area contributed by atoms with Crippen molar-refractivity contribution in [2.75, 3.05) is 6.54 Å². The summed E-state index contributed by atoms with van der Waals surface area (Å²) >= 11 is 0. The molecule has 1 saturated carbocycles. The van der Waals surface area contributed by atoms with Crippen LogP contribution in [0.2, 0.25) is 0 Å². The Bertz CT molecular complexity index is 352. The fourth-order valence-electron chi connectivity index (χ4n) is 2.21. The van der Waals surface area contributed by atoms with Gasteiger partial charge in [0.05, 0.1) is 0 Å². The summed E-state index contributed by atoms with van der Waals surface area (Å²) in [5.41, 5.74) is 0. The third-order valence-electron chi connectivity index (χ3n) is 3.30. The van der Waals surface area contributed by atoms with Gasteiger partial charge in [-0.2, -0.15) is 13.2 Å². The minimum Gasteiger partial charge on any atom is -0.310 e. The van der Waals surface area contributed by atoms with E-state index in [1.165, 1.54) is 11.8 Å². The summed E-state index contributed by atoms with van der Waals surface area (Å²) < 4.78 is 36.7. The number of hydrogen-bond donors (Lipinski definition) is 0. The Morgan fingerprint density at radius 3 is 2.29 bits per heavy atom. The predicted octanol–water partition coefficient (Wildman–Crippen LogP) is 1.75. The monoisotopic (exact) mass is 250 g/mol. The summed E-state index contributed by atoms with van der Waals surface area (Å²) in [5, 5.41) is 0. The van der Waals surface area contributed by atoms with Gasteiger partial charge in [-0.15, -0.1) is 0 Å². The number of hydrogen-bond acceptors (Lipinski definition) is 2. The fraction of sp³-hybridized carbons (Fsp3) is 0.800. The van der Waals surface area contributed by atoms with E-state index in [1.807, 2.05) is 0 Å². The number of halogens is 3. The summed E-state index contributed by atoms with van der Waals surface area (Å²) in [6.07, 6.45) is -2.05. The van der Waals surface area contributed by atoms with E-state index < -0.39 is 30.7 Å². The van der Waals surface area contributed by atoms with Crippen LogP contribution in [-0.4, -0.2) is 46.5 Å². The average Bonchev–Trinajstić information content (AvgIpc) is 2.30. The summed E-state index contributed by atoms with van der Waals surface area (Å²) in [6, 6.07) is -1.64. The molecule has 7 heteroatoms. The summed E-state index contributed by atoms with van der Waals surface area (Å²) in [4.78, 5) is 25.0. The first kappa shape index (κ1) is 12.2. The van der Waals surface area contributed by atoms with Crippen LogP contribution in [-0.2, 0) is 4.79 Å². The lowest BCUT2D eigenvalue weighted by molar-refractivity contribution is -0.152. The zero-order chi connectivity index (χ0) is 12.8. The van der Waals surface area contributed by atoms with Gasteiger partial charge in [0.25, 0.3) is 5.91 Å². The van der Waals surface area contributed by atoms with E-state index >= 15 is 0 Å². The van der Waals surface area contributed by atoms with E-state index in [-0.39, 0.29) is 6.04 Å². The van der Waals surface area contributed by atoms with Gasteiger partial charge in [-0.25, -0.2) is 4.79 Å². The predicted molar refractivity (Wildman–Crippen MR) is 52.1 cm³/mol. The summed E-state index contributed by atoms with van der Waals surface area (Å²) in [7, 11) is 0. The van der Waals surface area contributed by atoms with E-state index in [4.69, 9.17) is 0 Å². The van der Waals surface area contributed by atoms with Gasteiger partial charge in [-0.3, -0.25) is 9.69 Å². The van der Waals surface area contributed by atoms with Crippen LogP contribution >= 0.6 is 0 Å². The summed E-state index contributed by atoms with van der Waals surface area (Å²) in [5.74, 6) is -0.751. The highest BCUT2D eigenvalue weighted by Gasteiger charge is 2.50. The van der Waals surface area contributed by atoms with E-state index in [9.17, 15) is 22.8 Å². The number of urea groups is 1. The van der Waals surface area contributed by atoms with Gasteiger partial charge in [0.15, 0.2) is 0 Å². The van der Waals surface area contributed by atoms with Gasteiger partial charge in [-0.1, -0.05) is 0 Å². The Kier molecular flexibility index (Phi) is 2.79. The molecule has 0 aromatic rings. The van der Waals surface area contributed by atoms with Crippen LogP contribution in [0.1, 0.15) is 26.2 Å². The van der Waals surface area contributed by atoms with Gasteiger partial charge in [0, 0.05) is 6.04 Å². The molecule has 0 bridgehead atoms. The SMILES string of the molecule is C[C@@H]1C(=O)N(CC(F)(F)F)C(=O)N1C1CCC1. The quantitative estimate of drug-likeness (QED) is 0.700. The third kappa shape index (κ3) is 2.10. The largest absolute Gasteiger partial charge is 0.406 e. The van der Waals surface area contributed by atoms with Crippen molar-refractivity contribution in [1.29, 1.82) is 0 Å². The van der Waals surface area contributed by atoms with E-state index in [2.05, 4.69) is 0 Å². The molecule has 2 aliphatic rings. The molecule has 0 unspecified atom stereocenters. The van der Waals surface area contributed by atoms with Crippen molar-refractivity contribution < 1.29 is 22.8 Å². The molecule has 0 aromatic carbocycles. The molecule has 2 fully saturated rings. The second-order valence-electron chi connectivity index (χ2n) is 4.49. The maximum Gasteiger partial charge on any atom is 0.406 e. The molecule has 1 heterocycles. The minimum atomic E-state index is -4.54. The van der Waals surface area contributed by atoms with E-state index in [0.717, 1.165) is 19.3 Å². The zero-order valence-corrected chi connectivity index (χ0v) is 9.33. The van der Waals surface area contributed by atoms with Gasteiger partial charge in [0.2, 0.25) is 0 Å². The molecule has 1 saturated heterocycles. The van der Waals surface area contributed by atoms with E-state index in [0.29, 0.717) is 4.90 Å². The highest BCUT2D eigenvalue weighted by atomic mass is 19.4. The zero-order valence-electron chi connectivity index (χ0n) is 9.33. The molecule has 0 N–H and O–H groups in total. The van der Waals surface area contributed by atoms with Crippen molar-refractivity contribution in [2.45, 2.75) is 44.4 Å². The molecule has 4 nitrogen and oxygen atoms in total. The maximum atomic E-state index is 12.2. The lowest BCUT2D eigenvalue weighted by Gasteiger charge is -2.36. The Morgan fingerprint density at radius 2 is 1.88 bits per heavy atom. The molecule has 0 radical (unpaired) electrons. The highest BCUT2D eigenvalue weighted by molar-refractivity contribution is 6.04. The number of alkyl halides is 3. The number of nitrogens with zero attached hydrogens (tertiary/aromatic N) is 2. The Labute approximate surface area is 96.4 Å². The first-order valence-corrected chi connectivity index (χ1v) is 5.51. The Morgan fingerprint density at radius 1 is 1.29 bits per heavy atom. The fourth-order valence-corrected chi connectivity index (χ4v) is 2.21. The maximum absolute atomic E-state index is 12.2. The highest BCUT2D eigenvalue weighted by Crippen LogP contribution is 2.32. The van der Waals surface area contributed by atoms with Crippen LogP contribution < -0.4 is 0 Å². The molecule has 1 atom stereocenters. The first-order chi connectivity index (χ1) is 7.81. The van der Waals surface area contributed by atoms with Gasteiger partial charge in [-0.05, 0) is 26.2 Å². The van der Waals surface area contributed by atoms with Crippen LogP contribution in [0, 0.1) is 0 Å². The third-order valence-corrected chi connectivity index (χ3v) is 3.30. The summed E-state index contributed by atoms with van der Waals surface area (Å²) in [6.45, 7) is -0.00679. The lowest BCUT2D eigenvalue weighted by Crippen LogP contribution is -2.46. The van der Waals surface area contributed by atoms with Crippen molar-refractivity contribution in [1.82, 2.24) is 9.80 Å². The number of carbonyl (C=O) groups is 2. The second-order valence-corrected chi connectivity index (χ2v) is 4.49. The number of imide groups is 1. The molecule has 17 heavy (non-hydrogen) atoms. The van der Waals surface area contributed by atoms with Crippen molar-refractivity contribution in [3.63, 3.8) is 0 Å². The molecule has 1 aliphatic heterocycles. The molecule has 3 amide bonds. The number of amides is 3. The number of carbonyl (C=O) groups excluding carboxylic acids is 2. The molecule has 0 aromatic heterocycles. The van der Waals surface area contributed by atoms with Crippen LogP contribution in [0.4, 0.5) is 18.0 Å². The van der Waals surface area contributed by atoms with Crippen LogP contribution in [0.15, 0.2) is 0 Å². The van der Waals surface area contributed by atoms with Crippen LogP contribution in [0.25, 0.3) is 0 Å². The van der Waals surface area contributed by atoms with Crippen LogP contribution in [0.3, 0.4) is 0 Å². The smallest absolute Gasteiger partial charge is 0.310 e. The normalized spacial score (nSPS) is 26.7. The van der Waals surface area contributed by atoms with Crippen molar-refractivity contribution in [2.24, 2.45) is 0 Å². The number of rotatable bonds is 2. The standard InChI is InChI=1S/C10H13F3N2O2/c1-6-8(16)14(5-10(11,12)13)9(17)15(6)7-3-2-4-7/h6-7H,2-5H2,1H3/t6-/m1/s1. The van der Waals surface area contributed by atoms with Gasteiger partial charge < -0.3 is 4.90 Å². The van der Waals surface area contributed by atoms with Gasteiger partial charge >= 0.3 is 12.2 Å². The molecule has 2 rings (SSSR count). The first-order valence-electron chi connectivity index (χ1n) is 5.51. The Hall–Kier alpha value is -1.27. The topological polar surface area (TPSA) is 40.6 Å². The van der Waals surface area contributed by atoms with E-state index in [1.54, 1.807) is 0 Å². The van der Waals surface area contributed by atoms with Crippen LogP contribution in [0.5, 0.6) is 0 Å². The molecule has 1 aliphatic carbocycles. The van der Waals surface area contributed by atoms with Crippen molar-refractivity contribution >= 4 is 11.9 Å². The Balaban J connectivity index is 2.14. The molecule has 0 spiro atoms.